The van der Waals surface area contributed by atoms with Gasteiger partial charge in [-0.2, -0.15) is 0 Å². The van der Waals surface area contributed by atoms with Crippen molar-refractivity contribution in [3.63, 3.8) is 0 Å². The summed E-state index contributed by atoms with van der Waals surface area (Å²) < 4.78 is 5.81. The molecular weight excluding hydrogens is 522 g/mol. The maximum atomic E-state index is 13.6. The van der Waals surface area contributed by atoms with Gasteiger partial charge >= 0.3 is 4.87 Å². The molecule has 4 aliphatic rings. The maximum Gasteiger partial charge on any atom is 0.305 e. The number of H-pyrrole nitrogens is 1. The highest BCUT2D eigenvalue weighted by molar-refractivity contribution is 8.00. The summed E-state index contributed by atoms with van der Waals surface area (Å²) in [6.45, 7) is -0.308. The molecule has 0 unspecified atom stereocenters. The van der Waals surface area contributed by atoms with Crippen LogP contribution in [0.5, 0.6) is 0 Å². The first kappa shape index (κ1) is 22.4. The second-order valence-electron chi connectivity index (χ2n) is 9.79. The average molecular weight is 542 g/mol. The summed E-state index contributed by atoms with van der Waals surface area (Å²) in [5.41, 5.74) is 0.549. The lowest BCUT2D eigenvalue weighted by Crippen LogP contribution is -2.42. The average Bonchev–Trinajstić information content (AvgIpc) is 3.66. The second-order valence-corrected chi connectivity index (χ2v) is 12.4. The molecule has 0 spiro atoms. The molecule has 3 aromatic rings. The zero-order valence-electron chi connectivity index (χ0n) is 18.7. The predicted molar refractivity (Wildman–Crippen MR) is 134 cm³/mol. The zero-order valence-corrected chi connectivity index (χ0v) is 21.1. The molecule has 3 fully saturated rings. The maximum absolute atomic E-state index is 13.6. The van der Waals surface area contributed by atoms with Crippen LogP contribution in [0.15, 0.2) is 56.9 Å². The number of benzene rings is 1. The van der Waals surface area contributed by atoms with E-state index in [-0.39, 0.29) is 52.2 Å². The number of nitrogens with zero attached hydrogens (tertiary/aromatic N) is 1. The quantitative estimate of drug-likeness (QED) is 0.486. The molecule has 2 saturated carbocycles. The monoisotopic (exact) mass is 541 g/mol. The van der Waals surface area contributed by atoms with Gasteiger partial charge in [0.2, 0.25) is 17.7 Å². The molecule has 8 nitrogen and oxygen atoms in total. The first-order valence-corrected chi connectivity index (χ1v) is 13.8. The number of imide groups is 1. The lowest BCUT2D eigenvalue weighted by molar-refractivity contribution is -0.143. The number of rotatable bonds is 4. The first-order chi connectivity index (χ1) is 17.4. The lowest BCUT2D eigenvalue weighted by Gasteiger charge is -2.42. The van der Waals surface area contributed by atoms with Gasteiger partial charge in [0.05, 0.1) is 33.9 Å². The Morgan fingerprint density at radius 2 is 1.86 bits per heavy atom. The van der Waals surface area contributed by atoms with Crippen LogP contribution in [0.3, 0.4) is 0 Å². The Morgan fingerprint density at radius 1 is 1.11 bits per heavy atom. The summed E-state index contributed by atoms with van der Waals surface area (Å²) in [6.07, 6.45) is 2.42. The van der Waals surface area contributed by atoms with Crippen molar-refractivity contribution in [3.8, 4) is 0 Å². The molecule has 36 heavy (non-hydrogen) atoms. The summed E-state index contributed by atoms with van der Waals surface area (Å²) in [7, 11) is 0. The van der Waals surface area contributed by atoms with E-state index in [0.717, 1.165) is 27.0 Å². The highest BCUT2D eigenvalue weighted by atomic mass is 35.5. The van der Waals surface area contributed by atoms with Gasteiger partial charge in [-0.05, 0) is 60.6 Å². The van der Waals surface area contributed by atoms with Crippen molar-refractivity contribution in [1.29, 1.82) is 0 Å². The molecule has 11 heteroatoms. The normalized spacial score (nSPS) is 31.9. The lowest BCUT2D eigenvalue weighted by atomic mass is 9.69. The number of thiazole rings is 1. The van der Waals surface area contributed by atoms with E-state index in [1.807, 2.05) is 12.1 Å². The number of anilines is 1. The van der Waals surface area contributed by atoms with Gasteiger partial charge in [-0.1, -0.05) is 22.9 Å². The van der Waals surface area contributed by atoms with Crippen molar-refractivity contribution in [2.45, 2.75) is 22.6 Å². The third-order valence-corrected chi connectivity index (χ3v) is 10.9. The van der Waals surface area contributed by atoms with Gasteiger partial charge < -0.3 is 14.7 Å². The number of nitrogens with one attached hydrogen (secondary N) is 2. The van der Waals surface area contributed by atoms with Crippen molar-refractivity contribution < 1.29 is 18.8 Å². The van der Waals surface area contributed by atoms with Crippen LogP contribution in [0.1, 0.15) is 23.0 Å². The number of aromatic nitrogens is 1. The molecule has 1 saturated heterocycles. The molecule has 2 aromatic heterocycles. The Labute approximate surface area is 218 Å². The summed E-state index contributed by atoms with van der Waals surface area (Å²) in [5.74, 6) is -1.11. The minimum Gasteiger partial charge on any atom is -0.469 e. The number of furan rings is 1. The number of carbonyl (C=O) groups is 3. The van der Waals surface area contributed by atoms with E-state index in [2.05, 4.69) is 10.3 Å². The summed E-state index contributed by atoms with van der Waals surface area (Å²) in [5, 5.41) is 4.21. The third-order valence-electron chi connectivity index (χ3n) is 8.09. The fourth-order valence-corrected chi connectivity index (χ4v) is 9.89. The van der Waals surface area contributed by atoms with Gasteiger partial charge in [-0.15, -0.1) is 11.8 Å². The second kappa shape index (κ2) is 8.09. The summed E-state index contributed by atoms with van der Waals surface area (Å²) in [4.78, 5) is 56.9. The van der Waals surface area contributed by atoms with Gasteiger partial charge in [-0.3, -0.25) is 24.1 Å². The minimum absolute atomic E-state index is 0.00444. The fourth-order valence-electron chi connectivity index (χ4n) is 6.90. The molecule has 7 rings (SSSR count). The SMILES string of the molecule is O=C(CN1C(=O)[C@@H]2[C@H]3C[C@@H]([C@H]2C1=O)[C@H]1[C@@H](c2ccco2)c2sc(=O)[nH]c2S[C@H]31)Nc1ccc(Cl)cc1. The topological polar surface area (TPSA) is 112 Å². The minimum atomic E-state index is -0.442. The zero-order chi connectivity index (χ0) is 24.7. The van der Waals surface area contributed by atoms with Gasteiger partial charge in [0.1, 0.15) is 12.3 Å². The Balaban J connectivity index is 1.17. The third kappa shape index (κ3) is 3.20. The van der Waals surface area contributed by atoms with Crippen LogP contribution in [-0.2, 0) is 14.4 Å². The molecule has 2 bridgehead atoms. The molecule has 2 aliphatic heterocycles. The number of aromatic amines is 1. The predicted octanol–water partition coefficient (Wildman–Crippen LogP) is 3.79. The van der Waals surface area contributed by atoms with E-state index >= 15 is 0 Å². The van der Waals surface area contributed by atoms with Gasteiger partial charge in [0.25, 0.3) is 0 Å². The van der Waals surface area contributed by atoms with Crippen LogP contribution >= 0.6 is 34.7 Å². The molecule has 2 aliphatic carbocycles. The number of amides is 3. The molecule has 4 heterocycles. The highest BCUT2D eigenvalue weighted by Gasteiger charge is 2.69. The standard InChI is InChI=1S/C25H20ClN3O5S2/c26-10-3-5-11(6-4-10)27-15(30)9-29-23(31)17-12-8-13(18(17)24(29)32)20-16(12)19(14-2-1-7-34-14)21-22(35-20)28-25(33)36-21/h1-7,12-13,16-20H,8-9H2,(H,27,30)(H,28,33)/t12-,13-,16+,17-,18-,19-,20-/m1/s1. The van der Waals surface area contributed by atoms with Crippen LogP contribution in [0.25, 0.3) is 0 Å². The van der Waals surface area contributed by atoms with E-state index in [1.54, 1.807) is 42.3 Å². The van der Waals surface area contributed by atoms with Crippen LogP contribution in [0, 0.1) is 29.6 Å². The first-order valence-electron chi connectivity index (χ1n) is 11.7. The van der Waals surface area contributed by atoms with Crippen LogP contribution in [-0.4, -0.2) is 39.4 Å². The fraction of sp³-hybridized carbons (Fsp3) is 0.360. The molecule has 3 amide bonds. The Morgan fingerprint density at radius 3 is 2.58 bits per heavy atom. The van der Waals surface area contributed by atoms with Crippen molar-refractivity contribution in [2.24, 2.45) is 29.6 Å². The van der Waals surface area contributed by atoms with Crippen molar-refractivity contribution in [3.05, 3.63) is 68.0 Å². The number of likely N-dealkylation sites (tertiary alicyclic amines) is 1. The molecular formula is C25H20ClN3O5S2. The van der Waals surface area contributed by atoms with E-state index < -0.39 is 17.7 Å². The highest BCUT2D eigenvalue weighted by Crippen LogP contribution is 2.68. The van der Waals surface area contributed by atoms with E-state index in [9.17, 15) is 19.2 Å². The van der Waals surface area contributed by atoms with E-state index in [1.165, 1.54) is 11.3 Å². The number of carbonyl (C=O) groups excluding carboxylic acids is 3. The number of halogens is 1. The van der Waals surface area contributed by atoms with Crippen molar-refractivity contribution in [2.75, 3.05) is 11.9 Å². The Kier molecular flexibility index (Phi) is 5.03. The van der Waals surface area contributed by atoms with Crippen LogP contribution in [0.2, 0.25) is 5.02 Å². The number of thioether (sulfide) groups is 1. The molecule has 7 atom stereocenters. The smallest absolute Gasteiger partial charge is 0.305 e. The molecule has 2 N–H and O–H groups in total. The van der Waals surface area contributed by atoms with Gasteiger partial charge in [0, 0.05) is 16.0 Å². The number of hydrogen-bond donors (Lipinski definition) is 2. The molecule has 0 radical (unpaired) electrons. The Hall–Kier alpha value is -2.82. The summed E-state index contributed by atoms with van der Waals surface area (Å²) >= 11 is 8.72. The van der Waals surface area contributed by atoms with Crippen molar-refractivity contribution in [1.82, 2.24) is 9.88 Å². The largest absolute Gasteiger partial charge is 0.469 e. The van der Waals surface area contributed by atoms with Crippen LogP contribution in [0.4, 0.5) is 5.69 Å². The molecule has 184 valence electrons. The number of fused-ring (bicyclic) bond motifs is 9. The Bertz CT molecular complexity index is 1450. The summed E-state index contributed by atoms with van der Waals surface area (Å²) in [6, 6.07) is 10.4. The van der Waals surface area contributed by atoms with Crippen molar-refractivity contribution >= 4 is 58.1 Å². The van der Waals surface area contributed by atoms with E-state index in [4.69, 9.17) is 16.0 Å². The number of hydrogen-bond acceptors (Lipinski definition) is 7. The van der Waals surface area contributed by atoms with Crippen LogP contribution < -0.4 is 10.2 Å². The van der Waals surface area contributed by atoms with E-state index in [0.29, 0.717) is 10.7 Å². The molecule has 1 aromatic carbocycles. The van der Waals surface area contributed by atoms with Gasteiger partial charge in [-0.25, -0.2) is 0 Å². The van der Waals surface area contributed by atoms with Gasteiger partial charge in [0.15, 0.2) is 0 Å².